The van der Waals surface area contributed by atoms with Crippen LogP contribution in [0.5, 0.6) is 0 Å². The molecule has 57 valence electrons. The molecular formula is CaCu5. The van der Waals surface area contributed by atoms with Gasteiger partial charge in [0.05, 0.1) is 0 Å². The second-order valence-electron chi connectivity index (χ2n) is 0. The molecule has 7 radical (unpaired) electrons. The Morgan fingerprint density at radius 3 is 0.333 bits per heavy atom. The van der Waals surface area contributed by atoms with E-state index in [2.05, 4.69) is 0 Å². The molecule has 0 aliphatic rings. The average molecular weight is 358 g/mol. The second-order valence-corrected chi connectivity index (χ2v) is 0. The van der Waals surface area contributed by atoms with Crippen molar-refractivity contribution >= 4 is 37.7 Å². The molecule has 0 spiro atoms. The monoisotopic (exact) mass is 355 g/mol. The minimum Gasteiger partial charge on any atom is 0 e. The first kappa shape index (κ1) is 52.0. The molecule has 0 bridgehead atoms. The van der Waals surface area contributed by atoms with Crippen molar-refractivity contribution in [1.82, 2.24) is 0 Å². The summed E-state index contributed by atoms with van der Waals surface area (Å²) in [6, 6.07) is 0. The minimum absolute atomic E-state index is 0. The molecule has 0 nitrogen and oxygen atoms in total. The summed E-state index contributed by atoms with van der Waals surface area (Å²) in [5.74, 6) is 0. The van der Waals surface area contributed by atoms with Gasteiger partial charge >= 0.3 is 0 Å². The Morgan fingerprint density at radius 2 is 0.333 bits per heavy atom. The van der Waals surface area contributed by atoms with Crippen LogP contribution in [0.15, 0.2) is 0 Å². The molecule has 6 heteroatoms. The van der Waals surface area contributed by atoms with Gasteiger partial charge < -0.3 is 0 Å². The fraction of sp³-hybridized carbons (Fsp3) is 0. The fourth-order valence-corrected chi connectivity index (χ4v) is 0. The van der Waals surface area contributed by atoms with Crippen LogP contribution in [0.4, 0.5) is 0 Å². The molecule has 0 aromatic heterocycles. The van der Waals surface area contributed by atoms with Crippen LogP contribution in [0, 0.1) is 0 Å². The predicted molar refractivity (Wildman–Crippen MR) is 5.75 cm³/mol. The van der Waals surface area contributed by atoms with Gasteiger partial charge in [-0.25, -0.2) is 0 Å². The third-order valence-corrected chi connectivity index (χ3v) is 0. The zero-order chi connectivity index (χ0) is 0. The van der Waals surface area contributed by atoms with E-state index in [0.29, 0.717) is 0 Å². The molecule has 0 rings (SSSR count). The van der Waals surface area contributed by atoms with Gasteiger partial charge in [-0.15, -0.1) is 0 Å². The summed E-state index contributed by atoms with van der Waals surface area (Å²) in [6.07, 6.45) is 0. The van der Waals surface area contributed by atoms with Crippen LogP contribution in [0.25, 0.3) is 0 Å². The van der Waals surface area contributed by atoms with E-state index in [1.54, 1.807) is 0 Å². The van der Waals surface area contributed by atoms with E-state index in [0.717, 1.165) is 0 Å². The van der Waals surface area contributed by atoms with Crippen LogP contribution in [0.1, 0.15) is 0 Å². The molecule has 0 aromatic rings. The number of hydrogen-bond donors (Lipinski definition) is 0. The Bertz CT molecular complexity index is 3.90. The summed E-state index contributed by atoms with van der Waals surface area (Å²) < 4.78 is 0. The molecule has 0 N–H and O–H groups in total. The molecule has 0 fully saturated rings. The van der Waals surface area contributed by atoms with Crippen molar-refractivity contribution in [2.24, 2.45) is 0 Å². The Balaban J connectivity index is 0. The molecule has 0 saturated heterocycles. The van der Waals surface area contributed by atoms with Gasteiger partial charge in [0.15, 0.2) is 0 Å². The topological polar surface area (TPSA) is 0 Å². The zero-order valence-corrected chi connectivity index (χ0v) is 9.13. The van der Waals surface area contributed by atoms with E-state index in [-0.39, 0.29) is 123 Å². The van der Waals surface area contributed by atoms with Gasteiger partial charge in [0, 0.05) is 123 Å². The van der Waals surface area contributed by atoms with Crippen LogP contribution < -0.4 is 0 Å². The summed E-state index contributed by atoms with van der Waals surface area (Å²) in [5, 5.41) is 0. The first-order chi connectivity index (χ1) is 0. The fourth-order valence-electron chi connectivity index (χ4n) is 0. The minimum atomic E-state index is 0. The van der Waals surface area contributed by atoms with Crippen molar-refractivity contribution in [2.75, 3.05) is 0 Å². The van der Waals surface area contributed by atoms with Crippen LogP contribution in [-0.4, -0.2) is 37.7 Å². The van der Waals surface area contributed by atoms with Gasteiger partial charge in [-0.2, -0.15) is 0 Å². The van der Waals surface area contributed by atoms with Crippen molar-refractivity contribution in [2.45, 2.75) is 0 Å². The van der Waals surface area contributed by atoms with Crippen LogP contribution in [0.3, 0.4) is 0 Å². The number of rotatable bonds is 0. The van der Waals surface area contributed by atoms with Crippen molar-refractivity contribution in [3.8, 4) is 0 Å². The van der Waals surface area contributed by atoms with Gasteiger partial charge in [0.25, 0.3) is 0 Å². The summed E-state index contributed by atoms with van der Waals surface area (Å²) in [5.41, 5.74) is 0. The van der Waals surface area contributed by atoms with Crippen molar-refractivity contribution in [1.29, 1.82) is 0 Å². The molecule has 0 heterocycles. The van der Waals surface area contributed by atoms with Crippen LogP contribution in [0.2, 0.25) is 0 Å². The van der Waals surface area contributed by atoms with E-state index in [9.17, 15) is 0 Å². The normalized spacial score (nSPS) is 0. The predicted octanol–water partition coefficient (Wildman–Crippen LogP) is -0.393. The van der Waals surface area contributed by atoms with Gasteiger partial charge in [-0.1, -0.05) is 0 Å². The molecule has 0 saturated carbocycles. The van der Waals surface area contributed by atoms with Crippen molar-refractivity contribution in [3.05, 3.63) is 0 Å². The largest absolute Gasteiger partial charge is 0 e. The summed E-state index contributed by atoms with van der Waals surface area (Å²) in [7, 11) is 0. The molecule has 6 heavy (non-hydrogen) atoms. The van der Waals surface area contributed by atoms with Crippen LogP contribution in [-0.2, 0) is 85.3 Å². The molecule has 0 aromatic carbocycles. The Labute approximate surface area is 120 Å². The van der Waals surface area contributed by atoms with E-state index in [1.165, 1.54) is 0 Å². The molecule has 0 amide bonds. The quantitative estimate of drug-likeness (QED) is 0.518. The van der Waals surface area contributed by atoms with E-state index in [4.69, 9.17) is 0 Å². The smallest absolute Gasteiger partial charge is 0 e. The Kier molecular flexibility index (Phi) is 318. The third-order valence-electron chi connectivity index (χ3n) is 0. The first-order valence-electron chi connectivity index (χ1n) is 0. The van der Waals surface area contributed by atoms with Crippen molar-refractivity contribution in [3.63, 3.8) is 0 Å². The SMILES string of the molecule is [Ca].[Cu].[Cu].[Cu].[Cu].[Cu]. The van der Waals surface area contributed by atoms with E-state index in [1.807, 2.05) is 0 Å². The molecular weight excluding hydrogens is 358 g/mol. The van der Waals surface area contributed by atoms with Gasteiger partial charge in [-0.3, -0.25) is 0 Å². The maximum atomic E-state index is 0. The standard InChI is InChI=1S/Ca.5Cu. The maximum Gasteiger partial charge on any atom is 0 e. The molecule has 0 aliphatic carbocycles. The van der Waals surface area contributed by atoms with Crippen molar-refractivity contribution < 1.29 is 85.3 Å². The molecule has 0 aliphatic heterocycles. The average Bonchev–Trinajstić information content (AvgIpc) is 0. The second kappa shape index (κ2) is 36.8. The Hall–Kier alpha value is 3.86. The van der Waals surface area contributed by atoms with Gasteiger partial charge in [0.2, 0.25) is 0 Å². The maximum absolute atomic E-state index is 0. The summed E-state index contributed by atoms with van der Waals surface area (Å²) in [6.45, 7) is 0. The molecule has 0 atom stereocenters. The van der Waals surface area contributed by atoms with Gasteiger partial charge in [-0.05, 0) is 0 Å². The number of hydrogen-bond acceptors (Lipinski definition) is 0. The molecule has 0 unspecified atom stereocenters. The summed E-state index contributed by atoms with van der Waals surface area (Å²) in [4.78, 5) is 0. The first-order valence-corrected chi connectivity index (χ1v) is 0. The summed E-state index contributed by atoms with van der Waals surface area (Å²) >= 11 is 0. The van der Waals surface area contributed by atoms with E-state index >= 15 is 0 Å². The van der Waals surface area contributed by atoms with Crippen LogP contribution >= 0.6 is 0 Å². The Morgan fingerprint density at radius 1 is 0.333 bits per heavy atom. The zero-order valence-electron chi connectivity index (χ0n) is 2.21. The van der Waals surface area contributed by atoms with E-state index < -0.39 is 0 Å². The van der Waals surface area contributed by atoms with Gasteiger partial charge in [0.1, 0.15) is 0 Å². The third kappa shape index (κ3) is 24.8.